The van der Waals surface area contributed by atoms with E-state index in [0.717, 1.165) is 18.9 Å². The van der Waals surface area contributed by atoms with Crippen LogP contribution >= 0.6 is 0 Å². The summed E-state index contributed by atoms with van der Waals surface area (Å²) in [6.07, 6.45) is 1.99. The van der Waals surface area contributed by atoms with Crippen LogP contribution in [0.15, 0.2) is 18.2 Å². The normalized spacial score (nSPS) is 12.7. The van der Waals surface area contributed by atoms with Gasteiger partial charge < -0.3 is 5.73 Å². The number of rotatable bonds is 8. The molecule has 1 aromatic rings. The number of ketones is 1. The smallest absolute Gasteiger partial charge is 0.162 e. The maximum Gasteiger partial charge on any atom is 0.162 e. The quantitative estimate of drug-likeness (QED) is 0.793. The first-order valence-corrected chi connectivity index (χ1v) is 7.10. The molecule has 0 bridgehead atoms. The highest BCUT2D eigenvalue weighted by molar-refractivity contribution is 5.80. The van der Waals surface area contributed by atoms with Gasteiger partial charge in [-0.3, -0.25) is 4.79 Å². The van der Waals surface area contributed by atoms with Gasteiger partial charge >= 0.3 is 0 Å². The molecule has 0 spiro atoms. The van der Waals surface area contributed by atoms with Crippen molar-refractivity contribution in [3.63, 3.8) is 0 Å². The molecule has 1 rings (SSSR count). The van der Waals surface area contributed by atoms with Crippen molar-refractivity contribution in [2.24, 2.45) is 17.6 Å². The fourth-order valence-electron chi connectivity index (χ4n) is 2.36. The summed E-state index contributed by atoms with van der Waals surface area (Å²) in [6, 6.07) is 3.93. The standard InChI is InChI=1S/C16H23F2NO/c1-11(2)12(8-9-19)6-7-14(20)10-13-4-3-5-15(17)16(13)18/h3-5,11-12H,6-10,19H2,1-2H3. The molecule has 112 valence electrons. The van der Waals surface area contributed by atoms with Gasteiger partial charge in [-0.05, 0) is 42.9 Å². The molecule has 2 nitrogen and oxygen atoms in total. The lowest BCUT2D eigenvalue weighted by atomic mass is 9.87. The first-order valence-electron chi connectivity index (χ1n) is 7.10. The number of carbonyl (C=O) groups is 1. The summed E-state index contributed by atoms with van der Waals surface area (Å²) in [4.78, 5) is 11.9. The molecular weight excluding hydrogens is 260 g/mol. The van der Waals surface area contributed by atoms with Crippen LogP contribution in [0.25, 0.3) is 0 Å². The second-order valence-electron chi connectivity index (χ2n) is 5.55. The third-order valence-electron chi connectivity index (χ3n) is 3.69. The lowest BCUT2D eigenvalue weighted by Gasteiger charge is -2.19. The van der Waals surface area contributed by atoms with Crippen LogP contribution in [0.2, 0.25) is 0 Å². The number of nitrogens with two attached hydrogens (primary N) is 1. The van der Waals surface area contributed by atoms with Gasteiger partial charge in [0, 0.05) is 12.8 Å². The maximum atomic E-state index is 13.5. The van der Waals surface area contributed by atoms with Gasteiger partial charge in [0.05, 0.1) is 0 Å². The molecule has 0 saturated carbocycles. The summed E-state index contributed by atoms with van der Waals surface area (Å²) in [6.45, 7) is 4.82. The van der Waals surface area contributed by atoms with E-state index in [1.54, 1.807) is 0 Å². The Hall–Kier alpha value is -1.29. The highest BCUT2D eigenvalue weighted by atomic mass is 19.2. The molecule has 0 radical (unpaired) electrons. The molecule has 0 aliphatic carbocycles. The molecule has 0 amide bonds. The number of hydrogen-bond acceptors (Lipinski definition) is 2. The fourth-order valence-corrected chi connectivity index (χ4v) is 2.36. The van der Waals surface area contributed by atoms with Crippen LogP contribution < -0.4 is 5.73 Å². The first-order chi connectivity index (χ1) is 9.45. The van der Waals surface area contributed by atoms with Crippen molar-refractivity contribution in [1.29, 1.82) is 0 Å². The van der Waals surface area contributed by atoms with E-state index in [9.17, 15) is 13.6 Å². The van der Waals surface area contributed by atoms with Crippen molar-refractivity contribution in [3.8, 4) is 0 Å². The minimum Gasteiger partial charge on any atom is -0.330 e. The lowest BCUT2D eigenvalue weighted by molar-refractivity contribution is -0.118. The lowest BCUT2D eigenvalue weighted by Crippen LogP contribution is -2.16. The average molecular weight is 283 g/mol. The minimum atomic E-state index is -0.914. The van der Waals surface area contributed by atoms with Crippen LogP contribution in [0, 0.1) is 23.5 Å². The van der Waals surface area contributed by atoms with E-state index in [4.69, 9.17) is 5.73 Å². The topological polar surface area (TPSA) is 43.1 Å². The Kier molecular flexibility index (Phi) is 6.79. The Morgan fingerprint density at radius 3 is 2.55 bits per heavy atom. The zero-order chi connectivity index (χ0) is 15.1. The van der Waals surface area contributed by atoms with Crippen molar-refractivity contribution in [2.75, 3.05) is 6.54 Å². The third-order valence-corrected chi connectivity index (χ3v) is 3.69. The predicted molar refractivity (Wildman–Crippen MR) is 76.3 cm³/mol. The Labute approximate surface area is 119 Å². The highest BCUT2D eigenvalue weighted by Crippen LogP contribution is 2.21. The second-order valence-corrected chi connectivity index (χ2v) is 5.55. The van der Waals surface area contributed by atoms with E-state index in [1.807, 2.05) is 0 Å². The van der Waals surface area contributed by atoms with Crippen LogP contribution in [-0.2, 0) is 11.2 Å². The Morgan fingerprint density at radius 1 is 1.25 bits per heavy atom. The van der Waals surface area contributed by atoms with Gasteiger partial charge in [-0.2, -0.15) is 0 Å². The predicted octanol–water partition coefficient (Wildman–Crippen LogP) is 3.48. The van der Waals surface area contributed by atoms with Gasteiger partial charge in [-0.25, -0.2) is 8.78 Å². The molecule has 0 fully saturated rings. The van der Waals surface area contributed by atoms with Crippen molar-refractivity contribution >= 4 is 5.78 Å². The molecule has 20 heavy (non-hydrogen) atoms. The van der Waals surface area contributed by atoms with Crippen LogP contribution in [0.1, 0.15) is 38.7 Å². The summed E-state index contributed by atoms with van der Waals surface area (Å²) in [7, 11) is 0. The van der Waals surface area contributed by atoms with Crippen molar-refractivity contribution in [3.05, 3.63) is 35.4 Å². The molecule has 4 heteroatoms. The largest absolute Gasteiger partial charge is 0.330 e. The highest BCUT2D eigenvalue weighted by Gasteiger charge is 2.16. The third kappa shape index (κ3) is 5.00. The van der Waals surface area contributed by atoms with Crippen molar-refractivity contribution < 1.29 is 13.6 Å². The van der Waals surface area contributed by atoms with E-state index in [0.29, 0.717) is 24.8 Å². The number of carbonyl (C=O) groups excluding carboxylic acids is 1. The minimum absolute atomic E-state index is 0.0446. The number of benzene rings is 1. The molecule has 1 atom stereocenters. The molecule has 0 aliphatic heterocycles. The van der Waals surface area contributed by atoms with E-state index < -0.39 is 11.6 Å². The van der Waals surface area contributed by atoms with Crippen LogP contribution in [0.3, 0.4) is 0 Å². The van der Waals surface area contributed by atoms with E-state index >= 15 is 0 Å². The summed E-state index contributed by atoms with van der Waals surface area (Å²) < 4.78 is 26.5. The van der Waals surface area contributed by atoms with Crippen LogP contribution in [-0.4, -0.2) is 12.3 Å². The first kappa shape index (κ1) is 16.8. The van der Waals surface area contributed by atoms with Gasteiger partial charge in [0.2, 0.25) is 0 Å². The Bertz CT molecular complexity index is 446. The van der Waals surface area contributed by atoms with E-state index in [2.05, 4.69) is 13.8 Å². The Balaban J connectivity index is 2.53. The maximum absolute atomic E-state index is 13.5. The van der Waals surface area contributed by atoms with Gasteiger partial charge in [-0.15, -0.1) is 0 Å². The summed E-state index contributed by atoms with van der Waals surface area (Å²) >= 11 is 0. The van der Waals surface area contributed by atoms with Crippen LogP contribution in [0.4, 0.5) is 8.78 Å². The van der Waals surface area contributed by atoms with Gasteiger partial charge in [-0.1, -0.05) is 26.0 Å². The zero-order valence-electron chi connectivity index (χ0n) is 12.2. The number of hydrogen-bond donors (Lipinski definition) is 1. The molecule has 0 heterocycles. The molecule has 2 N–H and O–H groups in total. The molecule has 0 aromatic heterocycles. The SMILES string of the molecule is CC(C)C(CCN)CCC(=O)Cc1cccc(F)c1F. The van der Waals surface area contributed by atoms with E-state index in [1.165, 1.54) is 12.1 Å². The van der Waals surface area contributed by atoms with Crippen LogP contribution in [0.5, 0.6) is 0 Å². The molecule has 0 aliphatic rings. The molecule has 0 saturated heterocycles. The van der Waals surface area contributed by atoms with Gasteiger partial charge in [0.25, 0.3) is 0 Å². The molecule has 1 aromatic carbocycles. The molecule has 1 unspecified atom stereocenters. The Morgan fingerprint density at radius 2 is 1.95 bits per heavy atom. The van der Waals surface area contributed by atoms with Crippen molar-refractivity contribution in [1.82, 2.24) is 0 Å². The van der Waals surface area contributed by atoms with Crippen molar-refractivity contribution in [2.45, 2.75) is 39.5 Å². The van der Waals surface area contributed by atoms with Gasteiger partial charge in [0.1, 0.15) is 5.78 Å². The zero-order valence-corrected chi connectivity index (χ0v) is 12.2. The summed E-state index contributed by atoms with van der Waals surface area (Å²) in [5.74, 6) is -1.00. The number of halogens is 2. The van der Waals surface area contributed by atoms with Gasteiger partial charge in [0.15, 0.2) is 11.6 Å². The number of Topliss-reactive ketones (excluding diaryl/α,β-unsaturated/α-hetero) is 1. The average Bonchev–Trinajstić information content (AvgIpc) is 2.39. The monoisotopic (exact) mass is 283 g/mol. The van der Waals surface area contributed by atoms with E-state index in [-0.39, 0.29) is 17.8 Å². The summed E-state index contributed by atoms with van der Waals surface area (Å²) in [5.41, 5.74) is 5.69. The molecular formula is C16H23F2NO. The summed E-state index contributed by atoms with van der Waals surface area (Å²) in [5, 5.41) is 0. The second kappa shape index (κ2) is 8.10. The fraction of sp³-hybridized carbons (Fsp3) is 0.562.